The van der Waals surface area contributed by atoms with Crippen molar-refractivity contribution in [2.24, 2.45) is 5.92 Å². The van der Waals surface area contributed by atoms with E-state index in [-0.39, 0.29) is 0 Å². The van der Waals surface area contributed by atoms with Gasteiger partial charge in [0.05, 0.1) is 0 Å². The van der Waals surface area contributed by atoms with E-state index in [1.54, 1.807) is 0 Å². The molecule has 0 bridgehead atoms. The van der Waals surface area contributed by atoms with Crippen LogP contribution in [0.15, 0.2) is 18.2 Å². The molecule has 1 aliphatic rings. The van der Waals surface area contributed by atoms with Gasteiger partial charge in [-0.2, -0.15) is 0 Å². The van der Waals surface area contributed by atoms with E-state index in [2.05, 4.69) is 44.3 Å². The van der Waals surface area contributed by atoms with E-state index in [4.69, 9.17) is 4.74 Å². The van der Waals surface area contributed by atoms with Gasteiger partial charge in [-0.3, -0.25) is 0 Å². The van der Waals surface area contributed by atoms with Crippen molar-refractivity contribution in [3.63, 3.8) is 0 Å². The third kappa shape index (κ3) is 3.82. The largest absolute Gasteiger partial charge is 0.381 e. The molecule has 2 unspecified atom stereocenters. The molecule has 2 atom stereocenters. The first-order chi connectivity index (χ1) is 8.65. The van der Waals surface area contributed by atoms with E-state index >= 15 is 0 Å². The summed E-state index contributed by atoms with van der Waals surface area (Å²) in [6, 6.07) is 7.23. The zero-order chi connectivity index (χ0) is 13.0. The zero-order valence-electron chi connectivity index (χ0n) is 11.8. The third-order valence-electron chi connectivity index (χ3n) is 3.77. The first-order valence-corrected chi connectivity index (χ1v) is 7.04. The van der Waals surface area contributed by atoms with Crippen LogP contribution in [0.4, 0.5) is 0 Å². The number of hydrogen-bond donors (Lipinski definition) is 1. The third-order valence-corrected chi connectivity index (χ3v) is 3.77. The molecule has 0 amide bonds. The zero-order valence-corrected chi connectivity index (χ0v) is 11.8. The number of nitrogens with one attached hydrogen (secondary N) is 1. The van der Waals surface area contributed by atoms with Crippen molar-refractivity contribution in [2.45, 2.75) is 39.7 Å². The molecule has 1 aliphatic heterocycles. The van der Waals surface area contributed by atoms with Gasteiger partial charge in [0.1, 0.15) is 0 Å². The molecule has 18 heavy (non-hydrogen) atoms. The Balaban J connectivity index is 1.81. The molecular weight excluding hydrogens is 222 g/mol. The average Bonchev–Trinajstić information content (AvgIpc) is 2.80. The van der Waals surface area contributed by atoms with Crippen LogP contribution in [-0.4, -0.2) is 19.8 Å². The van der Waals surface area contributed by atoms with Crippen molar-refractivity contribution in [2.75, 3.05) is 19.8 Å². The number of rotatable bonds is 5. The quantitative estimate of drug-likeness (QED) is 0.861. The Kier molecular flexibility index (Phi) is 4.79. The van der Waals surface area contributed by atoms with Crippen LogP contribution in [0, 0.1) is 19.8 Å². The molecule has 0 aliphatic carbocycles. The Hall–Kier alpha value is -0.860. The fourth-order valence-corrected chi connectivity index (χ4v) is 2.69. The molecule has 1 fully saturated rings. The summed E-state index contributed by atoms with van der Waals surface area (Å²) in [5, 5.41) is 3.62. The second-order valence-electron chi connectivity index (χ2n) is 5.62. The Morgan fingerprint density at radius 2 is 2.00 bits per heavy atom. The molecule has 100 valence electrons. The summed E-state index contributed by atoms with van der Waals surface area (Å²) in [7, 11) is 0. The van der Waals surface area contributed by atoms with Gasteiger partial charge >= 0.3 is 0 Å². The van der Waals surface area contributed by atoms with Gasteiger partial charge in [-0.05, 0) is 51.6 Å². The predicted molar refractivity (Wildman–Crippen MR) is 75.9 cm³/mol. The van der Waals surface area contributed by atoms with Gasteiger partial charge < -0.3 is 10.1 Å². The van der Waals surface area contributed by atoms with Gasteiger partial charge in [0.15, 0.2) is 0 Å². The monoisotopic (exact) mass is 247 g/mol. The maximum absolute atomic E-state index is 5.40. The van der Waals surface area contributed by atoms with Crippen molar-refractivity contribution in [1.82, 2.24) is 5.32 Å². The lowest BCUT2D eigenvalue weighted by Gasteiger charge is -2.17. The summed E-state index contributed by atoms with van der Waals surface area (Å²) < 4.78 is 5.40. The number of ether oxygens (including phenoxy) is 1. The molecule has 1 aromatic rings. The fraction of sp³-hybridized carbons (Fsp3) is 0.625. The summed E-state index contributed by atoms with van der Waals surface area (Å²) in [5.74, 6) is 0.768. The molecule has 1 heterocycles. The van der Waals surface area contributed by atoms with Gasteiger partial charge in [0.25, 0.3) is 0 Å². The van der Waals surface area contributed by atoms with Gasteiger partial charge in [0, 0.05) is 19.3 Å². The maximum atomic E-state index is 5.40. The highest BCUT2D eigenvalue weighted by Gasteiger charge is 2.15. The molecular formula is C16H25NO. The van der Waals surface area contributed by atoms with Crippen LogP contribution >= 0.6 is 0 Å². The minimum atomic E-state index is 0.436. The van der Waals surface area contributed by atoms with Gasteiger partial charge in [-0.15, -0.1) is 0 Å². The molecule has 1 N–H and O–H groups in total. The lowest BCUT2D eigenvalue weighted by molar-refractivity contribution is 0.184. The maximum Gasteiger partial charge on any atom is 0.0495 e. The average molecular weight is 247 g/mol. The molecule has 0 saturated carbocycles. The molecule has 2 rings (SSSR count). The van der Waals surface area contributed by atoms with E-state index < -0.39 is 0 Å². The summed E-state index contributed by atoms with van der Waals surface area (Å²) in [6.45, 7) is 9.58. The SMILES string of the molecule is Cc1cc(C)cc(C(C)NCCC2CCOC2)c1. The summed E-state index contributed by atoms with van der Waals surface area (Å²) >= 11 is 0. The van der Waals surface area contributed by atoms with Crippen LogP contribution in [0.3, 0.4) is 0 Å². The van der Waals surface area contributed by atoms with Crippen molar-refractivity contribution >= 4 is 0 Å². The number of aryl methyl sites for hydroxylation is 2. The minimum absolute atomic E-state index is 0.436. The molecule has 2 heteroatoms. The topological polar surface area (TPSA) is 21.3 Å². The van der Waals surface area contributed by atoms with Gasteiger partial charge in [-0.1, -0.05) is 29.3 Å². The van der Waals surface area contributed by atoms with Crippen LogP contribution in [0.1, 0.15) is 42.5 Å². The normalized spacial score (nSPS) is 21.2. The van der Waals surface area contributed by atoms with Crippen LogP contribution in [-0.2, 0) is 4.74 Å². The van der Waals surface area contributed by atoms with Crippen LogP contribution in [0.2, 0.25) is 0 Å². The molecule has 0 radical (unpaired) electrons. The minimum Gasteiger partial charge on any atom is -0.381 e. The molecule has 0 spiro atoms. The van der Waals surface area contributed by atoms with E-state index in [9.17, 15) is 0 Å². The predicted octanol–water partition coefficient (Wildman–Crippen LogP) is 3.38. The van der Waals surface area contributed by atoms with Crippen LogP contribution < -0.4 is 5.32 Å². The standard InChI is InChI=1S/C16H25NO/c1-12-8-13(2)10-16(9-12)14(3)17-6-4-15-5-7-18-11-15/h8-10,14-15,17H,4-7,11H2,1-3H3. The summed E-state index contributed by atoms with van der Waals surface area (Å²) in [6.07, 6.45) is 2.47. The highest BCUT2D eigenvalue weighted by molar-refractivity contribution is 5.30. The van der Waals surface area contributed by atoms with Crippen LogP contribution in [0.25, 0.3) is 0 Å². The van der Waals surface area contributed by atoms with E-state index in [1.807, 2.05) is 0 Å². The van der Waals surface area contributed by atoms with Crippen molar-refractivity contribution < 1.29 is 4.74 Å². The van der Waals surface area contributed by atoms with Gasteiger partial charge in [-0.25, -0.2) is 0 Å². The van der Waals surface area contributed by atoms with Crippen molar-refractivity contribution in [3.8, 4) is 0 Å². The molecule has 2 nitrogen and oxygen atoms in total. The fourth-order valence-electron chi connectivity index (χ4n) is 2.69. The smallest absolute Gasteiger partial charge is 0.0495 e. The van der Waals surface area contributed by atoms with E-state index in [0.717, 1.165) is 25.7 Å². The Morgan fingerprint density at radius 3 is 2.61 bits per heavy atom. The second-order valence-corrected chi connectivity index (χ2v) is 5.62. The first-order valence-electron chi connectivity index (χ1n) is 7.04. The lowest BCUT2D eigenvalue weighted by Crippen LogP contribution is -2.22. The van der Waals surface area contributed by atoms with Gasteiger partial charge in [0.2, 0.25) is 0 Å². The Labute approximate surface area is 111 Å². The van der Waals surface area contributed by atoms with E-state index in [0.29, 0.717) is 6.04 Å². The summed E-state index contributed by atoms with van der Waals surface area (Å²) in [4.78, 5) is 0. The highest BCUT2D eigenvalue weighted by atomic mass is 16.5. The summed E-state index contributed by atoms with van der Waals surface area (Å²) in [5.41, 5.74) is 4.10. The van der Waals surface area contributed by atoms with Crippen molar-refractivity contribution in [1.29, 1.82) is 0 Å². The van der Waals surface area contributed by atoms with Crippen LogP contribution in [0.5, 0.6) is 0 Å². The Morgan fingerprint density at radius 1 is 1.28 bits per heavy atom. The first kappa shape index (κ1) is 13.6. The number of hydrogen-bond acceptors (Lipinski definition) is 2. The second kappa shape index (κ2) is 6.35. The molecule has 1 saturated heterocycles. The molecule has 0 aromatic heterocycles. The number of benzene rings is 1. The lowest BCUT2D eigenvalue weighted by atomic mass is 10.0. The Bertz CT molecular complexity index is 362. The molecule has 1 aromatic carbocycles. The highest BCUT2D eigenvalue weighted by Crippen LogP contribution is 2.18. The van der Waals surface area contributed by atoms with Crippen molar-refractivity contribution in [3.05, 3.63) is 34.9 Å². The van der Waals surface area contributed by atoms with E-state index in [1.165, 1.54) is 29.5 Å².